The van der Waals surface area contributed by atoms with Crippen LogP contribution in [0.15, 0.2) is 30.3 Å². The zero-order chi connectivity index (χ0) is 11.4. The summed E-state index contributed by atoms with van der Waals surface area (Å²) in [6.45, 7) is 2.36. The van der Waals surface area contributed by atoms with E-state index in [0.717, 1.165) is 19.3 Å². The third-order valence-electron chi connectivity index (χ3n) is 3.16. The first kappa shape index (κ1) is 11.2. The lowest BCUT2D eigenvalue weighted by Crippen LogP contribution is -2.07. The van der Waals surface area contributed by atoms with E-state index in [-0.39, 0.29) is 11.9 Å². The Balaban J connectivity index is 1.72. The molecule has 2 heteroatoms. The monoisotopic (exact) mass is 218 g/mol. The van der Waals surface area contributed by atoms with E-state index >= 15 is 0 Å². The van der Waals surface area contributed by atoms with Gasteiger partial charge in [-0.1, -0.05) is 30.3 Å². The third-order valence-corrected chi connectivity index (χ3v) is 3.16. The van der Waals surface area contributed by atoms with Gasteiger partial charge < -0.3 is 4.74 Å². The van der Waals surface area contributed by atoms with Gasteiger partial charge in [0.15, 0.2) is 0 Å². The summed E-state index contributed by atoms with van der Waals surface area (Å²) in [5, 5.41) is 0. The molecule has 2 atom stereocenters. The summed E-state index contributed by atoms with van der Waals surface area (Å²) in [6.07, 6.45) is 3.20. The van der Waals surface area contributed by atoms with Gasteiger partial charge in [0.1, 0.15) is 0 Å². The topological polar surface area (TPSA) is 26.3 Å². The minimum absolute atomic E-state index is 0.000520. The second-order valence-electron chi connectivity index (χ2n) is 4.38. The maximum absolute atomic E-state index is 11.4. The molecule has 1 aliphatic rings. The number of hydrogen-bond donors (Lipinski definition) is 0. The fraction of sp³-hybridized carbons (Fsp3) is 0.500. The Kier molecular flexibility index (Phi) is 3.60. The molecule has 0 amide bonds. The summed E-state index contributed by atoms with van der Waals surface area (Å²) >= 11 is 0. The molecule has 1 aromatic carbocycles. The molecule has 0 aromatic heterocycles. The van der Waals surface area contributed by atoms with Gasteiger partial charge >= 0.3 is 5.97 Å². The van der Waals surface area contributed by atoms with Crippen molar-refractivity contribution >= 4 is 5.97 Å². The lowest BCUT2D eigenvalue weighted by molar-refractivity contribution is -0.145. The van der Waals surface area contributed by atoms with Crippen LogP contribution in [-0.2, 0) is 16.0 Å². The Morgan fingerprint density at radius 3 is 2.81 bits per heavy atom. The molecule has 0 saturated heterocycles. The average Bonchev–Trinajstić information content (AvgIpc) is 3.08. The first-order valence-corrected chi connectivity index (χ1v) is 6.02. The molecule has 0 spiro atoms. The molecule has 0 aliphatic heterocycles. The molecule has 86 valence electrons. The van der Waals surface area contributed by atoms with Crippen LogP contribution in [0.25, 0.3) is 0 Å². The Hall–Kier alpha value is -1.31. The van der Waals surface area contributed by atoms with Crippen molar-refractivity contribution in [2.75, 3.05) is 6.61 Å². The first-order chi connectivity index (χ1) is 7.81. The quantitative estimate of drug-likeness (QED) is 0.710. The smallest absolute Gasteiger partial charge is 0.309 e. The Bertz CT molecular complexity index is 345. The fourth-order valence-electron chi connectivity index (χ4n) is 2.10. The highest BCUT2D eigenvalue weighted by Crippen LogP contribution is 2.42. The van der Waals surface area contributed by atoms with Crippen LogP contribution in [0.3, 0.4) is 0 Å². The number of aryl methyl sites for hydroxylation is 1. The van der Waals surface area contributed by atoms with Gasteiger partial charge in [0.05, 0.1) is 12.5 Å². The van der Waals surface area contributed by atoms with Crippen molar-refractivity contribution in [3.05, 3.63) is 35.9 Å². The minimum Gasteiger partial charge on any atom is -0.466 e. The molecule has 1 unspecified atom stereocenters. The molecule has 0 bridgehead atoms. The number of benzene rings is 1. The van der Waals surface area contributed by atoms with E-state index in [0.29, 0.717) is 12.5 Å². The van der Waals surface area contributed by atoms with Gasteiger partial charge in [-0.25, -0.2) is 0 Å². The zero-order valence-corrected chi connectivity index (χ0v) is 9.69. The van der Waals surface area contributed by atoms with E-state index in [1.807, 2.05) is 13.0 Å². The highest BCUT2D eigenvalue weighted by atomic mass is 16.5. The molecule has 1 aliphatic carbocycles. The van der Waals surface area contributed by atoms with Gasteiger partial charge in [-0.2, -0.15) is 0 Å². The van der Waals surface area contributed by atoms with Crippen LogP contribution in [0.2, 0.25) is 0 Å². The minimum atomic E-state index is 0.000520. The fourth-order valence-corrected chi connectivity index (χ4v) is 2.10. The lowest BCUT2D eigenvalue weighted by atomic mass is 10.1. The summed E-state index contributed by atoms with van der Waals surface area (Å²) in [4.78, 5) is 11.4. The normalized spacial score (nSPS) is 22.8. The second-order valence-corrected chi connectivity index (χ2v) is 4.38. The maximum atomic E-state index is 11.4. The number of rotatable bonds is 5. The lowest BCUT2D eigenvalue weighted by Gasteiger charge is -2.01. The summed E-state index contributed by atoms with van der Waals surface area (Å²) < 4.78 is 5.01. The molecule has 2 nitrogen and oxygen atoms in total. The molecule has 0 N–H and O–H groups in total. The molecule has 16 heavy (non-hydrogen) atoms. The van der Waals surface area contributed by atoms with E-state index in [1.165, 1.54) is 5.56 Å². The summed E-state index contributed by atoms with van der Waals surface area (Å²) in [5.41, 5.74) is 1.36. The van der Waals surface area contributed by atoms with Crippen LogP contribution in [0.5, 0.6) is 0 Å². The van der Waals surface area contributed by atoms with Gasteiger partial charge in [-0.3, -0.25) is 4.79 Å². The zero-order valence-electron chi connectivity index (χ0n) is 9.69. The summed E-state index contributed by atoms with van der Waals surface area (Å²) in [5.74, 6) is 0.739. The molecular formula is C14H18O2. The predicted octanol–water partition coefficient (Wildman–Crippen LogP) is 2.82. The number of carbonyl (C=O) groups excluding carboxylic acids is 1. The predicted molar refractivity (Wildman–Crippen MR) is 63.0 cm³/mol. The molecule has 0 heterocycles. The summed E-state index contributed by atoms with van der Waals surface area (Å²) in [7, 11) is 0. The van der Waals surface area contributed by atoms with Gasteiger partial charge in [0.25, 0.3) is 0 Å². The number of esters is 1. The Morgan fingerprint density at radius 1 is 1.38 bits per heavy atom. The van der Waals surface area contributed by atoms with Gasteiger partial charge in [-0.15, -0.1) is 0 Å². The Morgan fingerprint density at radius 2 is 2.12 bits per heavy atom. The van der Waals surface area contributed by atoms with Crippen molar-refractivity contribution < 1.29 is 9.53 Å². The Labute approximate surface area is 96.6 Å². The largest absolute Gasteiger partial charge is 0.466 e. The number of hydrogen-bond acceptors (Lipinski definition) is 2. The van der Waals surface area contributed by atoms with Gasteiger partial charge in [-0.05, 0) is 37.7 Å². The number of ether oxygens (including phenoxy) is 1. The van der Waals surface area contributed by atoms with Crippen LogP contribution in [0, 0.1) is 11.8 Å². The van der Waals surface area contributed by atoms with Crippen molar-refractivity contribution in [3.8, 4) is 0 Å². The number of carbonyl (C=O) groups is 1. The van der Waals surface area contributed by atoms with Crippen molar-refractivity contribution in [2.45, 2.75) is 26.2 Å². The van der Waals surface area contributed by atoms with Crippen LogP contribution >= 0.6 is 0 Å². The van der Waals surface area contributed by atoms with Gasteiger partial charge in [0, 0.05) is 0 Å². The molecule has 0 radical (unpaired) electrons. The standard InChI is InChI=1S/C14H18O2/c1-2-16-14(15)13-10-12(13)9-8-11-6-4-3-5-7-11/h3-7,12-13H,2,8-10H2,1H3/t12-,13?/m1/s1. The molecule has 1 fully saturated rings. The van der Waals surface area contributed by atoms with Crippen LogP contribution < -0.4 is 0 Å². The molecule has 1 aromatic rings. The second kappa shape index (κ2) is 5.15. The van der Waals surface area contributed by atoms with Crippen LogP contribution in [0.1, 0.15) is 25.3 Å². The summed E-state index contributed by atoms with van der Waals surface area (Å²) in [6, 6.07) is 10.4. The van der Waals surface area contributed by atoms with E-state index in [1.54, 1.807) is 0 Å². The van der Waals surface area contributed by atoms with Crippen molar-refractivity contribution in [3.63, 3.8) is 0 Å². The molecule has 2 rings (SSSR count). The highest BCUT2D eigenvalue weighted by Gasteiger charge is 2.43. The van der Waals surface area contributed by atoms with E-state index < -0.39 is 0 Å². The van der Waals surface area contributed by atoms with Crippen molar-refractivity contribution in [1.29, 1.82) is 0 Å². The SMILES string of the molecule is CCOC(=O)C1C[C@H]1CCc1ccccc1. The molecular weight excluding hydrogens is 200 g/mol. The van der Waals surface area contributed by atoms with Crippen LogP contribution in [0.4, 0.5) is 0 Å². The third kappa shape index (κ3) is 2.84. The highest BCUT2D eigenvalue weighted by molar-refractivity contribution is 5.75. The van der Waals surface area contributed by atoms with Crippen molar-refractivity contribution in [1.82, 2.24) is 0 Å². The average molecular weight is 218 g/mol. The molecule has 1 saturated carbocycles. The van der Waals surface area contributed by atoms with Crippen molar-refractivity contribution in [2.24, 2.45) is 11.8 Å². The van der Waals surface area contributed by atoms with E-state index in [2.05, 4.69) is 24.3 Å². The first-order valence-electron chi connectivity index (χ1n) is 6.02. The van der Waals surface area contributed by atoms with E-state index in [9.17, 15) is 4.79 Å². The maximum Gasteiger partial charge on any atom is 0.309 e. The van der Waals surface area contributed by atoms with E-state index in [4.69, 9.17) is 4.74 Å². The van der Waals surface area contributed by atoms with Gasteiger partial charge in [0.2, 0.25) is 0 Å². The van der Waals surface area contributed by atoms with Crippen LogP contribution in [-0.4, -0.2) is 12.6 Å².